The van der Waals surface area contributed by atoms with Crippen LogP contribution in [0.3, 0.4) is 0 Å². The molecule has 144 valence electrons. The molecular weight excluding hydrogens is 330 g/mol. The molecule has 0 aromatic carbocycles. The first-order chi connectivity index (χ1) is 12.1. The first-order valence-corrected chi connectivity index (χ1v) is 9.35. The number of anilines is 1. The van der Waals surface area contributed by atoms with Gasteiger partial charge in [-0.25, -0.2) is 9.78 Å². The molecule has 1 aliphatic heterocycles. The number of aromatic nitrogens is 1. The Morgan fingerprint density at radius 1 is 1.27 bits per heavy atom. The van der Waals surface area contributed by atoms with Gasteiger partial charge < -0.3 is 9.64 Å². The number of nitrogens with zero attached hydrogens (tertiary/aromatic N) is 3. The molecule has 6 heteroatoms. The number of piperidine rings is 1. The lowest BCUT2D eigenvalue weighted by atomic mass is 9.96. The average molecular weight is 361 g/mol. The van der Waals surface area contributed by atoms with E-state index in [1.807, 2.05) is 51.7 Å². The standard InChI is InChI=1S/C20H31N3O3/c1-14(2)23(19(25)26-20(4,5)6)18-11-10-16(13-21-18)17-9-7-8-12-22(17)15(3)24/h10-11,13-14,17H,7-9,12H2,1-6H3. The zero-order chi connectivity index (χ0) is 19.5. The van der Waals surface area contributed by atoms with E-state index in [0.29, 0.717) is 5.82 Å². The quantitative estimate of drug-likeness (QED) is 0.805. The fraction of sp³-hybridized carbons (Fsp3) is 0.650. The molecule has 1 aromatic rings. The van der Waals surface area contributed by atoms with Crippen molar-refractivity contribution in [2.45, 2.75) is 78.5 Å². The van der Waals surface area contributed by atoms with E-state index in [4.69, 9.17) is 4.74 Å². The van der Waals surface area contributed by atoms with Crippen molar-refractivity contribution in [2.24, 2.45) is 0 Å². The molecule has 1 unspecified atom stereocenters. The predicted octanol–water partition coefficient (Wildman–Crippen LogP) is 4.31. The van der Waals surface area contributed by atoms with E-state index in [-0.39, 0.29) is 18.0 Å². The van der Waals surface area contributed by atoms with E-state index in [9.17, 15) is 9.59 Å². The highest BCUT2D eigenvalue weighted by molar-refractivity contribution is 5.87. The van der Waals surface area contributed by atoms with Crippen molar-refractivity contribution in [1.29, 1.82) is 0 Å². The van der Waals surface area contributed by atoms with Crippen molar-refractivity contribution in [3.05, 3.63) is 23.9 Å². The van der Waals surface area contributed by atoms with Gasteiger partial charge in [0.15, 0.2) is 0 Å². The third-order valence-electron chi connectivity index (χ3n) is 4.42. The van der Waals surface area contributed by atoms with Crippen LogP contribution in [0.5, 0.6) is 0 Å². The second-order valence-corrected chi connectivity index (χ2v) is 8.12. The van der Waals surface area contributed by atoms with Crippen LogP contribution >= 0.6 is 0 Å². The number of pyridine rings is 1. The molecule has 1 atom stereocenters. The van der Waals surface area contributed by atoms with E-state index in [0.717, 1.165) is 31.4 Å². The minimum absolute atomic E-state index is 0.0665. The van der Waals surface area contributed by atoms with Crippen molar-refractivity contribution in [2.75, 3.05) is 11.4 Å². The Labute approximate surface area is 156 Å². The summed E-state index contributed by atoms with van der Waals surface area (Å²) in [6, 6.07) is 3.80. The SMILES string of the molecule is CC(=O)N1CCCCC1c1ccc(N(C(=O)OC(C)(C)C)C(C)C)nc1. The number of carbonyl (C=O) groups excluding carboxylic acids is 2. The number of hydrogen-bond acceptors (Lipinski definition) is 4. The highest BCUT2D eigenvalue weighted by atomic mass is 16.6. The van der Waals surface area contributed by atoms with E-state index in [1.54, 1.807) is 18.0 Å². The summed E-state index contributed by atoms with van der Waals surface area (Å²) in [5.41, 5.74) is 0.449. The zero-order valence-corrected chi connectivity index (χ0v) is 16.8. The number of amides is 2. The highest BCUT2D eigenvalue weighted by Crippen LogP contribution is 2.31. The minimum Gasteiger partial charge on any atom is -0.443 e. The van der Waals surface area contributed by atoms with Crippen LogP contribution in [0.4, 0.5) is 10.6 Å². The van der Waals surface area contributed by atoms with Crippen molar-refractivity contribution < 1.29 is 14.3 Å². The van der Waals surface area contributed by atoms with Crippen LogP contribution in [-0.2, 0) is 9.53 Å². The molecule has 26 heavy (non-hydrogen) atoms. The summed E-state index contributed by atoms with van der Waals surface area (Å²) in [6.07, 6.45) is 4.46. The number of likely N-dealkylation sites (tertiary alicyclic amines) is 1. The molecule has 0 aliphatic carbocycles. The van der Waals surface area contributed by atoms with Gasteiger partial charge in [-0.2, -0.15) is 0 Å². The molecule has 0 bridgehead atoms. The minimum atomic E-state index is -0.561. The molecule has 6 nitrogen and oxygen atoms in total. The molecular formula is C20H31N3O3. The van der Waals surface area contributed by atoms with Gasteiger partial charge in [-0.3, -0.25) is 9.69 Å². The monoisotopic (exact) mass is 361 g/mol. The molecule has 0 N–H and O–H groups in total. The van der Waals surface area contributed by atoms with Gasteiger partial charge >= 0.3 is 6.09 Å². The van der Waals surface area contributed by atoms with Gasteiger partial charge in [-0.1, -0.05) is 6.07 Å². The van der Waals surface area contributed by atoms with E-state index < -0.39 is 11.7 Å². The summed E-state index contributed by atoms with van der Waals surface area (Å²) in [5.74, 6) is 0.652. The smallest absolute Gasteiger partial charge is 0.416 e. The Balaban J connectivity index is 2.23. The van der Waals surface area contributed by atoms with Crippen LogP contribution in [0.1, 0.15) is 72.4 Å². The Bertz CT molecular complexity index is 635. The Morgan fingerprint density at radius 2 is 1.96 bits per heavy atom. The van der Waals surface area contributed by atoms with Crippen LogP contribution in [0.25, 0.3) is 0 Å². The Kier molecular flexibility index (Phi) is 6.26. The lowest BCUT2D eigenvalue weighted by molar-refractivity contribution is -0.132. The molecule has 0 saturated carbocycles. The Hall–Kier alpha value is -2.11. The average Bonchev–Trinajstić information content (AvgIpc) is 2.53. The molecule has 2 rings (SSSR count). The fourth-order valence-corrected chi connectivity index (χ4v) is 3.27. The van der Waals surface area contributed by atoms with Gasteiger partial charge in [-0.05, 0) is 65.5 Å². The Morgan fingerprint density at radius 3 is 2.46 bits per heavy atom. The summed E-state index contributed by atoms with van der Waals surface area (Å²) < 4.78 is 5.50. The van der Waals surface area contributed by atoms with Gasteiger partial charge in [-0.15, -0.1) is 0 Å². The van der Waals surface area contributed by atoms with Crippen molar-refractivity contribution in [3.8, 4) is 0 Å². The van der Waals surface area contributed by atoms with Crippen molar-refractivity contribution in [3.63, 3.8) is 0 Å². The van der Waals surface area contributed by atoms with Crippen LogP contribution in [-0.4, -0.2) is 40.1 Å². The largest absolute Gasteiger partial charge is 0.443 e. The summed E-state index contributed by atoms with van der Waals surface area (Å²) in [4.78, 5) is 32.4. The van der Waals surface area contributed by atoms with Crippen molar-refractivity contribution >= 4 is 17.8 Å². The molecule has 1 fully saturated rings. The molecule has 1 aromatic heterocycles. The number of rotatable bonds is 3. The zero-order valence-electron chi connectivity index (χ0n) is 16.8. The van der Waals surface area contributed by atoms with Gasteiger partial charge in [0.2, 0.25) is 5.91 Å². The van der Waals surface area contributed by atoms with Gasteiger partial charge in [0, 0.05) is 25.7 Å². The molecule has 0 radical (unpaired) electrons. The molecule has 2 amide bonds. The van der Waals surface area contributed by atoms with Crippen LogP contribution < -0.4 is 4.90 Å². The third kappa shape index (κ3) is 4.96. The second kappa shape index (κ2) is 8.06. The van der Waals surface area contributed by atoms with Crippen LogP contribution in [0, 0.1) is 0 Å². The van der Waals surface area contributed by atoms with Gasteiger partial charge in [0.25, 0.3) is 0 Å². The van der Waals surface area contributed by atoms with Crippen LogP contribution in [0.2, 0.25) is 0 Å². The summed E-state index contributed by atoms with van der Waals surface area (Å²) in [5, 5.41) is 0. The maximum Gasteiger partial charge on any atom is 0.416 e. The first kappa shape index (κ1) is 20.2. The molecule has 2 heterocycles. The lowest BCUT2D eigenvalue weighted by Gasteiger charge is -2.35. The third-order valence-corrected chi connectivity index (χ3v) is 4.42. The van der Waals surface area contributed by atoms with E-state index in [2.05, 4.69) is 4.98 Å². The van der Waals surface area contributed by atoms with E-state index >= 15 is 0 Å². The molecule has 1 aliphatic rings. The topological polar surface area (TPSA) is 62.7 Å². The highest BCUT2D eigenvalue weighted by Gasteiger charge is 2.28. The van der Waals surface area contributed by atoms with Crippen molar-refractivity contribution in [1.82, 2.24) is 9.88 Å². The van der Waals surface area contributed by atoms with Gasteiger partial charge in [0.1, 0.15) is 11.4 Å². The number of hydrogen-bond donors (Lipinski definition) is 0. The maximum atomic E-state index is 12.5. The molecule has 0 spiro atoms. The first-order valence-electron chi connectivity index (χ1n) is 9.35. The normalized spacial score (nSPS) is 18.0. The van der Waals surface area contributed by atoms with E-state index in [1.165, 1.54) is 0 Å². The lowest BCUT2D eigenvalue weighted by Crippen LogP contribution is -2.41. The number of ether oxygens (including phenoxy) is 1. The summed E-state index contributed by atoms with van der Waals surface area (Å²) in [7, 11) is 0. The predicted molar refractivity (Wildman–Crippen MR) is 102 cm³/mol. The molecule has 1 saturated heterocycles. The summed E-state index contributed by atoms with van der Waals surface area (Å²) >= 11 is 0. The number of carbonyl (C=O) groups is 2. The second-order valence-electron chi connectivity index (χ2n) is 8.12. The maximum absolute atomic E-state index is 12.5. The summed E-state index contributed by atoms with van der Waals surface area (Å²) in [6.45, 7) is 11.8. The fourth-order valence-electron chi connectivity index (χ4n) is 3.27. The van der Waals surface area contributed by atoms with Crippen LogP contribution in [0.15, 0.2) is 18.3 Å². The van der Waals surface area contributed by atoms with Gasteiger partial charge in [0.05, 0.1) is 6.04 Å².